The summed E-state index contributed by atoms with van der Waals surface area (Å²) in [6.07, 6.45) is 1.25. The molecule has 0 bridgehead atoms. The van der Waals surface area contributed by atoms with Crippen LogP contribution in [0, 0.1) is 35.5 Å². The Balaban J connectivity index is 6.76. The number of aliphatic hydroxyl groups is 2. The quantitative estimate of drug-likeness (QED) is 0.0406. The maximum Gasteiger partial charge on any atom is 0.245 e. The Morgan fingerprint density at radius 1 is 0.557 bits per heavy atom. The molecule has 0 fully saturated rings. The predicted octanol–water partition coefficient (Wildman–Crippen LogP) is 0.128. The highest BCUT2D eigenvalue weighted by Gasteiger charge is 2.43. The van der Waals surface area contributed by atoms with Gasteiger partial charge in [0.25, 0.3) is 0 Å². The van der Waals surface area contributed by atoms with Crippen LogP contribution in [-0.2, 0) is 52.7 Å². The van der Waals surface area contributed by atoms with Crippen LogP contribution in [0.15, 0.2) is 12.2 Å². The van der Waals surface area contributed by atoms with E-state index in [2.05, 4.69) is 26.6 Å². The molecular formula is C55H99N11O13. The van der Waals surface area contributed by atoms with Gasteiger partial charge < -0.3 is 67.0 Å². The van der Waals surface area contributed by atoms with Gasteiger partial charge in [-0.25, -0.2) is 0 Å². The van der Waals surface area contributed by atoms with Crippen molar-refractivity contribution in [1.82, 2.24) is 51.1 Å². The van der Waals surface area contributed by atoms with Crippen molar-refractivity contribution in [2.24, 2.45) is 41.2 Å². The van der Waals surface area contributed by atoms with Crippen LogP contribution >= 0.6 is 0 Å². The molecule has 0 aliphatic carbocycles. The minimum atomic E-state index is -1.67. The van der Waals surface area contributed by atoms with Gasteiger partial charge in [-0.2, -0.15) is 0 Å². The molecule has 452 valence electrons. The molecule has 0 aromatic heterocycles. The summed E-state index contributed by atoms with van der Waals surface area (Å²) < 4.78 is 0. The molecule has 79 heavy (non-hydrogen) atoms. The van der Waals surface area contributed by atoms with Gasteiger partial charge in [0.2, 0.25) is 65.0 Å². The fourth-order valence-electron chi connectivity index (χ4n) is 8.86. The second-order valence-corrected chi connectivity index (χ2v) is 22.6. The van der Waals surface area contributed by atoms with Gasteiger partial charge in [-0.1, -0.05) is 88.3 Å². The van der Waals surface area contributed by atoms with Crippen LogP contribution in [0.3, 0.4) is 0 Å². The summed E-state index contributed by atoms with van der Waals surface area (Å²) in [6.45, 7) is 24.6. The number of carbonyl (C=O) groups is 11. The van der Waals surface area contributed by atoms with Crippen LogP contribution in [0.2, 0.25) is 0 Å². The van der Waals surface area contributed by atoms with Crippen molar-refractivity contribution in [2.45, 2.75) is 190 Å². The van der Waals surface area contributed by atoms with Crippen LogP contribution in [0.1, 0.15) is 130 Å². The van der Waals surface area contributed by atoms with Crippen molar-refractivity contribution in [3.63, 3.8) is 0 Å². The van der Waals surface area contributed by atoms with Gasteiger partial charge in [0.1, 0.15) is 48.3 Å². The molecule has 11 amide bonds. The normalized spacial score (nSPS) is 16.2. The Kier molecular flexibility index (Phi) is 31.4. The summed E-state index contributed by atoms with van der Waals surface area (Å²) in [5, 5.41) is 34.5. The standard InChI is InChI=1S/C55H99N11O13/c1-21-23-24-33(11)46(70)43(50(74)60-38(22-2)49(73)57-27-42(69)65(19)45(37(15)67)47(56)71)61-51(75)44(32(9)10)66(20)55(79)40(26-30(5)6)64(18)54(78)39(25-29(3)4)63(17)53(77)36(14)59-48(72)35(13)58-41(68)28-62(16)52(76)34(12)31(7)8/h21,23,29-40,43-46,67,70H,22,24-28H2,1-20H3,(H2,56,71)(H,57,73)(H,58,68)(H,59,72)(H,60,74)(H,61,75)/b23-21-/t33-,34-,35-,36+,37+,38-,39-,40-,43?,44-,45?,46+/m1/s1. The lowest BCUT2D eigenvalue weighted by molar-refractivity contribution is -0.154. The monoisotopic (exact) mass is 1120 g/mol. The Morgan fingerprint density at radius 2 is 1.06 bits per heavy atom. The number of likely N-dealkylation sites (N-methyl/N-ethyl adjacent to an activating group) is 5. The molecule has 24 nitrogen and oxygen atoms in total. The van der Waals surface area contributed by atoms with E-state index in [4.69, 9.17) is 5.73 Å². The van der Waals surface area contributed by atoms with Gasteiger partial charge in [0, 0.05) is 41.2 Å². The van der Waals surface area contributed by atoms with E-state index in [1.165, 1.54) is 75.6 Å². The molecule has 0 heterocycles. The van der Waals surface area contributed by atoms with Crippen LogP contribution < -0.4 is 32.3 Å². The van der Waals surface area contributed by atoms with Crippen LogP contribution in [0.4, 0.5) is 0 Å². The second kappa shape index (κ2) is 34.1. The number of nitrogens with two attached hydrogens (primary N) is 1. The molecule has 0 spiro atoms. The number of hydrogen-bond acceptors (Lipinski definition) is 13. The molecule has 2 unspecified atom stereocenters. The Morgan fingerprint density at radius 3 is 1.51 bits per heavy atom. The van der Waals surface area contributed by atoms with Gasteiger partial charge in [-0.15, -0.1) is 0 Å². The summed E-state index contributed by atoms with van der Waals surface area (Å²) in [6, 6.07) is -10.2. The average molecular weight is 1120 g/mol. The van der Waals surface area contributed by atoms with Crippen molar-refractivity contribution in [3.05, 3.63) is 12.2 Å². The SMILES string of the molecule is C/C=C\C[C@@H](C)[C@H](O)C(NC(=O)[C@@H](C(C)C)N(C)C(=O)[C@@H](CC(C)C)N(C)C(=O)[C@@H](CC(C)C)N(C)C(=O)[C@H](C)NC(=O)[C@@H](C)NC(=O)CN(C)C(=O)[C@H](C)C(C)C)C(=O)N[C@H](CC)C(=O)NCC(=O)N(C)C(C(N)=O)[C@H](C)O. The van der Waals surface area contributed by atoms with E-state index in [9.17, 15) is 63.0 Å². The van der Waals surface area contributed by atoms with Gasteiger partial charge in [0.15, 0.2) is 0 Å². The minimum Gasteiger partial charge on any atom is -0.391 e. The highest BCUT2D eigenvalue weighted by Crippen LogP contribution is 2.23. The van der Waals surface area contributed by atoms with Crippen LogP contribution in [0.5, 0.6) is 0 Å². The van der Waals surface area contributed by atoms with Crippen LogP contribution in [-0.4, -0.2) is 209 Å². The summed E-state index contributed by atoms with van der Waals surface area (Å²) in [5.74, 6) is -9.49. The highest BCUT2D eigenvalue weighted by atomic mass is 16.3. The minimum absolute atomic E-state index is 0.000503. The van der Waals surface area contributed by atoms with Gasteiger partial charge in [-0.05, 0) is 83.0 Å². The molecule has 9 N–H and O–H groups in total. The molecule has 24 heteroatoms. The molecule has 0 aromatic rings. The first-order valence-corrected chi connectivity index (χ1v) is 27.5. The van der Waals surface area contributed by atoms with E-state index in [0.29, 0.717) is 6.42 Å². The molecule has 0 aromatic carbocycles. The zero-order valence-electron chi connectivity index (χ0n) is 50.8. The summed E-state index contributed by atoms with van der Waals surface area (Å²) in [5.41, 5.74) is 5.36. The second-order valence-electron chi connectivity index (χ2n) is 22.6. The van der Waals surface area contributed by atoms with E-state index in [1.807, 2.05) is 41.5 Å². The molecular weight excluding hydrogens is 1020 g/mol. The van der Waals surface area contributed by atoms with Crippen molar-refractivity contribution in [3.8, 4) is 0 Å². The van der Waals surface area contributed by atoms with Gasteiger partial charge in [-0.3, -0.25) is 52.7 Å². The van der Waals surface area contributed by atoms with Gasteiger partial charge in [0.05, 0.1) is 25.3 Å². The Labute approximate surface area is 469 Å². The number of amides is 11. The molecule has 0 radical (unpaired) electrons. The largest absolute Gasteiger partial charge is 0.391 e. The number of allylic oxidation sites excluding steroid dienone is 2. The maximum atomic E-state index is 14.9. The van der Waals surface area contributed by atoms with Crippen molar-refractivity contribution < 1.29 is 63.0 Å². The first-order chi connectivity index (χ1) is 36.4. The Bertz CT molecular complexity index is 2120. The molecule has 0 aliphatic heterocycles. The number of hydrogen-bond donors (Lipinski definition) is 8. The molecule has 0 aliphatic rings. The molecule has 0 rings (SSSR count). The van der Waals surface area contributed by atoms with Crippen molar-refractivity contribution in [1.29, 1.82) is 0 Å². The predicted molar refractivity (Wildman–Crippen MR) is 299 cm³/mol. The lowest BCUT2D eigenvalue weighted by atomic mass is 9.92. The highest BCUT2D eigenvalue weighted by molar-refractivity contribution is 5.98. The fourth-order valence-corrected chi connectivity index (χ4v) is 8.86. The van der Waals surface area contributed by atoms with E-state index < -0.39 is 138 Å². The lowest BCUT2D eigenvalue weighted by Gasteiger charge is -2.39. The molecule has 12 atom stereocenters. The average Bonchev–Trinajstić information content (AvgIpc) is 3.35. The number of rotatable bonds is 33. The van der Waals surface area contributed by atoms with E-state index in [0.717, 1.165) is 4.90 Å². The summed E-state index contributed by atoms with van der Waals surface area (Å²) in [7, 11) is 6.97. The van der Waals surface area contributed by atoms with Crippen LogP contribution in [0.25, 0.3) is 0 Å². The third-order valence-corrected chi connectivity index (χ3v) is 14.2. The topological polar surface area (TPSA) is 331 Å². The number of carbonyl (C=O) groups excluding carboxylic acids is 11. The smallest absolute Gasteiger partial charge is 0.245 e. The van der Waals surface area contributed by atoms with E-state index >= 15 is 0 Å². The third kappa shape index (κ3) is 22.5. The fraction of sp³-hybridized carbons (Fsp3) is 0.764. The molecule has 0 saturated carbocycles. The maximum absolute atomic E-state index is 14.9. The number of nitrogens with one attached hydrogen (secondary N) is 5. The first kappa shape index (κ1) is 72.8. The first-order valence-electron chi connectivity index (χ1n) is 27.5. The summed E-state index contributed by atoms with van der Waals surface area (Å²) in [4.78, 5) is 155. The van der Waals surface area contributed by atoms with Gasteiger partial charge >= 0.3 is 0 Å². The third-order valence-electron chi connectivity index (χ3n) is 14.2. The molecule has 0 saturated heterocycles. The zero-order valence-corrected chi connectivity index (χ0v) is 50.8. The zero-order chi connectivity index (χ0) is 61.7. The number of primary amides is 1. The summed E-state index contributed by atoms with van der Waals surface area (Å²) >= 11 is 0. The number of nitrogens with zero attached hydrogens (tertiary/aromatic N) is 5. The van der Waals surface area contributed by atoms with Crippen molar-refractivity contribution >= 4 is 65.0 Å². The van der Waals surface area contributed by atoms with E-state index in [-0.39, 0.29) is 55.4 Å². The van der Waals surface area contributed by atoms with Crippen molar-refractivity contribution in [2.75, 3.05) is 48.3 Å². The lowest BCUT2D eigenvalue weighted by Crippen LogP contribution is -2.63. The van der Waals surface area contributed by atoms with E-state index in [1.54, 1.807) is 53.7 Å². The number of aliphatic hydroxyl groups excluding tert-OH is 2. The Hall–Kier alpha value is -6.17.